The predicted molar refractivity (Wildman–Crippen MR) is 71.8 cm³/mol. The maximum absolute atomic E-state index is 13.1. The maximum atomic E-state index is 13.1. The minimum Gasteiger partial charge on any atom is -0.478 e. The van der Waals surface area contributed by atoms with Crippen molar-refractivity contribution in [2.75, 3.05) is 5.32 Å². The van der Waals surface area contributed by atoms with Crippen LogP contribution in [-0.2, 0) is 0 Å². The van der Waals surface area contributed by atoms with Gasteiger partial charge in [0.25, 0.3) is 0 Å². The summed E-state index contributed by atoms with van der Waals surface area (Å²) in [6.45, 7) is 1.89. The lowest BCUT2D eigenvalue weighted by atomic mass is 10.1. The molecule has 0 bridgehead atoms. The third-order valence-corrected chi connectivity index (χ3v) is 2.84. The van der Waals surface area contributed by atoms with Crippen molar-refractivity contribution in [2.24, 2.45) is 0 Å². The van der Waals surface area contributed by atoms with E-state index in [1.165, 1.54) is 18.2 Å². The number of hydrogen-bond acceptors (Lipinski definition) is 2. The van der Waals surface area contributed by atoms with Gasteiger partial charge < -0.3 is 10.4 Å². The molecule has 0 saturated heterocycles. The van der Waals surface area contributed by atoms with Gasteiger partial charge in [0.1, 0.15) is 5.82 Å². The van der Waals surface area contributed by atoms with Gasteiger partial charge in [-0.3, -0.25) is 0 Å². The molecule has 0 aliphatic carbocycles. The normalized spacial score (nSPS) is 11.9. The van der Waals surface area contributed by atoms with E-state index in [-0.39, 0.29) is 17.4 Å². The first-order chi connectivity index (χ1) is 9.06. The monoisotopic (exact) mass is 259 g/mol. The molecule has 0 fully saturated rings. The molecule has 0 aromatic heterocycles. The molecule has 0 spiro atoms. The van der Waals surface area contributed by atoms with Gasteiger partial charge in [-0.1, -0.05) is 18.2 Å². The van der Waals surface area contributed by atoms with Crippen molar-refractivity contribution in [3.63, 3.8) is 0 Å². The highest BCUT2D eigenvalue weighted by Gasteiger charge is 2.08. The van der Waals surface area contributed by atoms with Gasteiger partial charge in [0, 0.05) is 11.7 Å². The van der Waals surface area contributed by atoms with Gasteiger partial charge >= 0.3 is 5.97 Å². The first-order valence-corrected chi connectivity index (χ1v) is 5.91. The Morgan fingerprint density at radius 1 is 1.21 bits per heavy atom. The molecule has 0 aliphatic heterocycles. The number of rotatable bonds is 4. The lowest BCUT2D eigenvalue weighted by Crippen LogP contribution is -2.07. The zero-order valence-corrected chi connectivity index (χ0v) is 10.4. The van der Waals surface area contributed by atoms with Crippen LogP contribution in [0.25, 0.3) is 0 Å². The van der Waals surface area contributed by atoms with Crippen molar-refractivity contribution in [3.8, 4) is 0 Å². The molecule has 2 aromatic carbocycles. The molecule has 2 rings (SSSR count). The summed E-state index contributed by atoms with van der Waals surface area (Å²) in [5, 5.41) is 12.1. The summed E-state index contributed by atoms with van der Waals surface area (Å²) >= 11 is 0. The Labute approximate surface area is 110 Å². The lowest BCUT2D eigenvalue weighted by molar-refractivity contribution is 0.0697. The molecule has 98 valence electrons. The molecule has 4 heteroatoms. The van der Waals surface area contributed by atoms with E-state index < -0.39 is 5.97 Å². The van der Waals surface area contributed by atoms with Crippen molar-refractivity contribution in [1.82, 2.24) is 0 Å². The van der Waals surface area contributed by atoms with E-state index in [1.807, 2.05) is 13.0 Å². The molecule has 3 nitrogen and oxygen atoms in total. The summed E-state index contributed by atoms with van der Waals surface area (Å²) in [5.74, 6) is -1.26. The quantitative estimate of drug-likeness (QED) is 0.880. The van der Waals surface area contributed by atoms with Crippen LogP contribution in [0.15, 0.2) is 48.5 Å². The van der Waals surface area contributed by atoms with Gasteiger partial charge in [-0.2, -0.15) is 0 Å². The minimum atomic E-state index is -0.970. The first-order valence-electron chi connectivity index (χ1n) is 5.91. The molecule has 0 saturated carbocycles. The standard InChI is InChI=1S/C15H14FNO2/c1-10(11-4-2-6-13(16)8-11)17-14-7-3-5-12(9-14)15(18)19/h2-10,17H,1H3,(H,18,19). The van der Waals surface area contributed by atoms with Crippen molar-refractivity contribution in [1.29, 1.82) is 0 Å². The summed E-state index contributed by atoms with van der Waals surface area (Å²) in [5.41, 5.74) is 1.72. The molecule has 19 heavy (non-hydrogen) atoms. The fraction of sp³-hybridized carbons (Fsp3) is 0.133. The molecule has 0 radical (unpaired) electrons. The van der Waals surface area contributed by atoms with E-state index >= 15 is 0 Å². The van der Waals surface area contributed by atoms with Crippen LogP contribution in [0.5, 0.6) is 0 Å². The highest BCUT2D eigenvalue weighted by molar-refractivity contribution is 5.88. The highest BCUT2D eigenvalue weighted by Crippen LogP contribution is 2.20. The third kappa shape index (κ3) is 3.31. The van der Waals surface area contributed by atoms with E-state index in [9.17, 15) is 9.18 Å². The van der Waals surface area contributed by atoms with E-state index in [1.54, 1.807) is 24.3 Å². The molecule has 1 atom stereocenters. The van der Waals surface area contributed by atoms with Gasteiger partial charge in [-0.05, 0) is 42.8 Å². The Hall–Kier alpha value is -2.36. The van der Waals surface area contributed by atoms with E-state index in [0.29, 0.717) is 5.69 Å². The van der Waals surface area contributed by atoms with Crippen molar-refractivity contribution in [2.45, 2.75) is 13.0 Å². The van der Waals surface area contributed by atoms with Crippen LogP contribution in [0.2, 0.25) is 0 Å². The number of nitrogens with one attached hydrogen (secondary N) is 1. The van der Waals surface area contributed by atoms with Gasteiger partial charge in [-0.25, -0.2) is 9.18 Å². The molecule has 0 heterocycles. The van der Waals surface area contributed by atoms with Crippen LogP contribution < -0.4 is 5.32 Å². The summed E-state index contributed by atoms with van der Waals surface area (Å²) in [4.78, 5) is 10.9. The van der Waals surface area contributed by atoms with Gasteiger partial charge in [0.05, 0.1) is 5.56 Å². The number of carboxylic acid groups (broad SMARTS) is 1. The summed E-state index contributed by atoms with van der Waals surface area (Å²) < 4.78 is 13.1. The molecule has 1 unspecified atom stereocenters. The maximum Gasteiger partial charge on any atom is 0.335 e. The van der Waals surface area contributed by atoms with E-state index in [2.05, 4.69) is 5.32 Å². The van der Waals surface area contributed by atoms with Gasteiger partial charge in [0.2, 0.25) is 0 Å². The second-order valence-electron chi connectivity index (χ2n) is 4.31. The fourth-order valence-electron chi connectivity index (χ4n) is 1.85. The number of anilines is 1. The Morgan fingerprint density at radius 3 is 2.63 bits per heavy atom. The SMILES string of the molecule is CC(Nc1cccc(C(=O)O)c1)c1cccc(F)c1. The van der Waals surface area contributed by atoms with Gasteiger partial charge in [0.15, 0.2) is 0 Å². The van der Waals surface area contributed by atoms with E-state index in [0.717, 1.165) is 5.56 Å². The third-order valence-electron chi connectivity index (χ3n) is 2.84. The second kappa shape index (κ2) is 5.52. The molecule has 0 aliphatic rings. The van der Waals surface area contributed by atoms with Crippen LogP contribution in [0.4, 0.5) is 10.1 Å². The molecule has 0 amide bonds. The lowest BCUT2D eigenvalue weighted by Gasteiger charge is -2.16. The molecule has 2 N–H and O–H groups in total. The minimum absolute atomic E-state index is 0.111. The topological polar surface area (TPSA) is 49.3 Å². The largest absolute Gasteiger partial charge is 0.478 e. The summed E-state index contributed by atoms with van der Waals surface area (Å²) in [6, 6.07) is 12.7. The van der Waals surface area contributed by atoms with E-state index in [4.69, 9.17) is 5.11 Å². The Morgan fingerprint density at radius 2 is 1.95 bits per heavy atom. The number of aromatic carboxylic acids is 1. The van der Waals surface area contributed by atoms with Crippen molar-refractivity contribution in [3.05, 3.63) is 65.5 Å². The number of benzene rings is 2. The van der Waals surface area contributed by atoms with Crippen LogP contribution >= 0.6 is 0 Å². The van der Waals surface area contributed by atoms with Crippen LogP contribution in [-0.4, -0.2) is 11.1 Å². The average molecular weight is 259 g/mol. The highest BCUT2D eigenvalue weighted by atomic mass is 19.1. The average Bonchev–Trinajstić information content (AvgIpc) is 2.39. The van der Waals surface area contributed by atoms with Gasteiger partial charge in [-0.15, -0.1) is 0 Å². The van der Waals surface area contributed by atoms with Crippen molar-refractivity contribution >= 4 is 11.7 Å². The second-order valence-corrected chi connectivity index (χ2v) is 4.31. The number of halogens is 1. The summed E-state index contributed by atoms with van der Waals surface area (Å²) in [6.07, 6.45) is 0. The first kappa shape index (κ1) is 13.1. The Bertz CT molecular complexity index is 598. The summed E-state index contributed by atoms with van der Waals surface area (Å²) in [7, 11) is 0. The van der Waals surface area contributed by atoms with Crippen LogP contribution in [0.1, 0.15) is 28.9 Å². The molecular formula is C15H14FNO2. The number of hydrogen-bond donors (Lipinski definition) is 2. The van der Waals surface area contributed by atoms with Crippen LogP contribution in [0.3, 0.4) is 0 Å². The Kier molecular flexibility index (Phi) is 3.80. The Balaban J connectivity index is 2.17. The fourth-order valence-corrected chi connectivity index (χ4v) is 1.85. The molecular weight excluding hydrogens is 245 g/mol. The number of carboxylic acids is 1. The smallest absolute Gasteiger partial charge is 0.335 e. The predicted octanol–water partition coefficient (Wildman–Crippen LogP) is 3.70. The molecule has 2 aromatic rings. The zero-order valence-electron chi connectivity index (χ0n) is 10.4. The zero-order chi connectivity index (χ0) is 13.8. The van der Waals surface area contributed by atoms with Crippen molar-refractivity contribution < 1.29 is 14.3 Å². The number of carbonyl (C=O) groups is 1. The van der Waals surface area contributed by atoms with Crippen LogP contribution in [0, 0.1) is 5.82 Å².